The van der Waals surface area contributed by atoms with E-state index in [0.29, 0.717) is 18.0 Å². The molecule has 0 heterocycles. The third-order valence-electron chi connectivity index (χ3n) is 6.59. The highest BCUT2D eigenvalue weighted by Gasteiger charge is 2.39. The van der Waals surface area contributed by atoms with Gasteiger partial charge >= 0.3 is 12.1 Å². The summed E-state index contributed by atoms with van der Waals surface area (Å²) in [4.78, 5) is 10.7. The minimum absolute atomic E-state index is 0.0189. The first-order chi connectivity index (χ1) is 15.9. The van der Waals surface area contributed by atoms with Gasteiger partial charge in [-0.05, 0) is 65.8 Å². The number of carboxylic acids is 1. The Bertz CT molecular complexity index is 974. The molecule has 0 unspecified atom stereocenters. The molecule has 2 aromatic rings. The molecular formula is C27H34F3NO3. The lowest BCUT2D eigenvalue weighted by Crippen LogP contribution is -2.31. The van der Waals surface area contributed by atoms with E-state index in [2.05, 4.69) is 26.1 Å². The molecule has 1 fully saturated rings. The third kappa shape index (κ3) is 6.98. The van der Waals surface area contributed by atoms with Crippen LogP contribution in [-0.2, 0) is 17.5 Å². The SMILES string of the molecule is CC(C)(C)C1CCC(Oc2cccc(-c3cccc(CNCCC(=O)O)c3)c2C(F)(F)F)CC1. The average molecular weight is 478 g/mol. The smallest absolute Gasteiger partial charge is 0.420 e. The second-order valence-corrected chi connectivity index (χ2v) is 10.2. The zero-order chi connectivity index (χ0) is 24.9. The zero-order valence-electron chi connectivity index (χ0n) is 20.0. The maximum atomic E-state index is 14.2. The normalized spacial score (nSPS) is 19.1. The Morgan fingerprint density at radius 1 is 1.06 bits per heavy atom. The summed E-state index contributed by atoms with van der Waals surface area (Å²) in [7, 11) is 0. The van der Waals surface area contributed by atoms with Crippen LogP contribution in [0.15, 0.2) is 42.5 Å². The van der Waals surface area contributed by atoms with E-state index in [1.165, 1.54) is 12.1 Å². The summed E-state index contributed by atoms with van der Waals surface area (Å²) >= 11 is 0. The predicted molar refractivity (Wildman–Crippen MR) is 127 cm³/mol. The van der Waals surface area contributed by atoms with Crippen molar-refractivity contribution in [1.82, 2.24) is 5.32 Å². The summed E-state index contributed by atoms with van der Waals surface area (Å²) in [6, 6.07) is 11.4. The number of carboxylic acid groups (broad SMARTS) is 1. The molecule has 1 saturated carbocycles. The summed E-state index contributed by atoms with van der Waals surface area (Å²) in [5.74, 6) is -0.471. The minimum Gasteiger partial charge on any atom is -0.490 e. The number of ether oxygens (including phenoxy) is 1. The predicted octanol–water partition coefficient (Wildman–Crippen LogP) is 6.92. The van der Waals surface area contributed by atoms with Crippen LogP contribution in [0.5, 0.6) is 5.75 Å². The molecule has 0 saturated heterocycles. The monoisotopic (exact) mass is 477 g/mol. The molecule has 0 amide bonds. The van der Waals surface area contributed by atoms with Gasteiger partial charge in [0.1, 0.15) is 11.3 Å². The van der Waals surface area contributed by atoms with E-state index in [-0.39, 0.29) is 35.8 Å². The highest BCUT2D eigenvalue weighted by Crippen LogP contribution is 2.45. The quantitative estimate of drug-likeness (QED) is 0.405. The van der Waals surface area contributed by atoms with Gasteiger partial charge in [-0.15, -0.1) is 0 Å². The Balaban J connectivity index is 1.81. The van der Waals surface area contributed by atoms with Gasteiger partial charge in [0.2, 0.25) is 0 Å². The second kappa shape index (κ2) is 10.8. The molecule has 2 aromatic carbocycles. The van der Waals surface area contributed by atoms with Crippen molar-refractivity contribution in [2.24, 2.45) is 11.3 Å². The third-order valence-corrected chi connectivity index (χ3v) is 6.59. The fraction of sp³-hybridized carbons (Fsp3) is 0.519. The summed E-state index contributed by atoms with van der Waals surface area (Å²) in [5, 5.41) is 11.8. The van der Waals surface area contributed by atoms with E-state index in [0.717, 1.165) is 31.2 Å². The van der Waals surface area contributed by atoms with Crippen LogP contribution in [0.4, 0.5) is 13.2 Å². The van der Waals surface area contributed by atoms with Crippen molar-refractivity contribution in [1.29, 1.82) is 0 Å². The molecule has 7 heteroatoms. The second-order valence-electron chi connectivity index (χ2n) is 10.2. The number of rotatable bonds is 8. The highest BCUT2D eigenvalue weighted by molar-refractivity contribution is 5.71. The highest BCUT2D eigenvalue weighted by atomic mass is 19.4. The average Bonchev–Trinajstić information content (AvgIpc) is 2.76. The van der Waals surface area contributed by atoms with Crippen LogP contribution in [0, 0.1) is 11.3 Å². The van der Waals surface area contributed by atoms with Gasteiger partial charge in [-0.1, -0.05) is 51.1 Å². The van der Waals surface area contributed by atoms with Gasteiger partial charge in [0.15, 0.2) is 0 Å². The van der Waals surface area contributed by atoms with Crippen LogP contribution in [0.25, 0.3) is 11.1 Å². The Labute approximate surface area is 199 Å². The Hall–Kier alpha value is -2.54. The molecule has 34 heavy (non-hydrogen) atoms. The summed E-state index contributed by atoms with van der Waals surface area (Å²) in [5.41, 5.74) is 0.759. The van der Waals surface area contributed by atoms with Gasteiger partial charge in [-0.3, -0.25) is 4.79 Å². The molecule has 1 aliphatic rings. The van der Waals surface area contributed by atoms with E-state index in [1.54, 1.807) is 30.3 Å². The zero-order valence-corrected chi connectivity index (χ0v) is 20.0. The van der Waals surface area contributed by atoms with E-state index < -0.39 is 17.7 Å². The number of nitrogens with one attached hydrogen (secondary N) is 1. The molecule has 1 aliphatic carbocycles. The lowest BCUT2D eigenvalue weighted by Gasteiger charge is -2.37. The van der Waals surface area contributed by atoms with Gasteiger partial charge in [0.25, 0.3) is 0 Å². The van der Waals surface area contributed by atoms with Crippen molar-refractivity contribution in [3.63, 3.8) is 0 Å². The minimum atomic E-state index is -4.57. The number of halogens is 3. The summed E-state index contributed by atoms with van der Waals surface area (Å²) in [6.45, 7) is 7.28. The van der Waals surface area contributed by atoms with Crippen LogP contribution < -0.4 is 10.1 Å². The van der Waals surface area contributed by atoms with Crippen LogP contribution in [0.1, 0.15) is 64.0 Å². The molecule has 3 rings (SSSR count). The van der Waals surface area contributed by atoms with E-state index in [4.69, 9.17) is 9.84 Å². The van der Waals surface area contributed by atoms with Crippen molar-refractivity contribution in [3.05, 3.63) is 53.6 Å². The largest absolute Gasteiger partial charge is 0.490 e. The first-order valence-electron chi connectivity index (χ1n) is 11.8. The number of aliphatic carboxylic acids is 1. The number of hydrogen-bond donors (Lipinski definition) is 2. The number of carbonyl (C=O) groups is 1. The molecule has 0 spiro atoms. The molecule has 0 atom stereocenters. The van der Waals surface area contributed by atoms with Crippen molar-refractivity contribution in [2.75, 3.05) is 6.54 Å². The number of hydrogen-bond acceptors (Lipinski definition) is 3. The van der Waals surface area contributed by atoms with Gasteiger partial charge in [-0.25, -0.2) is 0 Å². The van der Waals surface area contributed by atoms with Crippen molar-refractivity contribution in [3.8, 4) is 16.9 Å². The Morgan fingerprint density at radius 3 is 2.35 bits per heavy atom. The fourth-order valence-corrected chi connectivity index (χ4v) is 4.67. The van der Waals surface area contributed by atoms with Gasteiger partial charge in [0.05, 0.1) is 12.5 Å². The maximum absolute atomic E-state index is 14.2. The molecule has 0 aliphatic heterocycles. The molecular weight excluding hydrogens is 443 g/mol. The lowest BCUT2D eigenvalue weighted by molar-refractivity contribution is -0.139. The number of alkyl halides is 3. The Morgan fingerprint density at radius 2 is 1.74 bits per heavy atom. The van der Waals surface area contributed by atoms with Crippen LogP contribution in [-0.4, -0.2) is 23.7 Å². The van der Waals surface area contributed by atoms with Crippen molar-refractivity contribution >= 4 is 5.97 Å². The van der Waals surface area contributed by atoms with E-state index >= 15 is 0 Å². The molecule has 0 radical (unpaired) electrons. The van der Waals surface area contributed by atoms with E-state index in [1.807, 2.05) is 0 Å². The van der Waals surface area contributed by atoms with Crippen molar-refractivity contribution in [2.45, 2.75) is 71.7 Å². The van der Waals surface area contributed by atoms with Crippen molar-refractivity contribution < 1.29 is 27.8 Å². The lowest BCUT2D eigenvalue weighted by atomic mass is 9.72. The van der Waals surface area contributed by atoms with Crippen LogP contribution in [0.2, 0.25) is 0 Å². The van der Waals surface area contributed by atoms with Gasteiger partial charge in [-0.2, -0.15) is 13.2 Å². The molecule has 0 bridgehead atoms. The fourth-order valence-electron chi connectivity index (χ4n) is 4.67. The van der Waals surface area contributed by atoms with Crippen LogP contribution in [0.3, 0.4) is 0 Å². The van der Waals surface area contributed by atoms with Gasteiger partial charge < -0.3 is 15.2 Å². The molecule has 2 N–H and O–H groups in total. The topological polar surface area (TPSA) is 58.6 Å². The maximum Gasteiger partial charge on any atom is 0.420 e. The molecule has 4 nitrogen and oxygen atoms in total. The van der Waals surface area contributed by atoms with E-state index in [9.17, 15) is 18.0 Å². The van der Waals surface area contributed by atoms with Crippen LogP contribution >= 0.6 is 0 Å². The number of benzene rings is 2. The summed E-state index contributed by atoms with van der Waals surface area (Å²) in [6.07, 6.45) is -1.40. The molecule has 0 aromatic heterocycles. The Kier molecular flexibility index (Phi) is 8.29. The first kappa shape index (κ1) is 26.1. The molecule has 186 valence electrons. The first-order valence-corrected chi connectivity index (χ1v) is 11.8. The van der Waals surface area contributed by atoms with Gasteiger partial charge in [0, 0.05) is 13.1 Å². The standard InChI is InChI=1S/C27H34F3NO3/c1-26(2,3)20-10-12-21(13-11-20)34-23-9-5-8-22(25(23)27(28,29)30)19-7-4-6-18(16-19)17-31-15-14-24(32)33/h4-9,16,20-21,31H,10-15,17H2,1-3H3,(H,32,33). The summed E-state index contributed by atoms with van der Waals surface area (Å²) < 4.78 is 48.7.